The number of hydrogen-bond donors (Lipinski definition) is 0. The molecule has 1 aliphatic heterocycles. The molecule has 6 nitrogen and oxygen atoms in total. The number of anilines is 1. The normalized spacial score (nSPS) is 16.1. The molecule has 126 valence electrons. The van der Waals surface area contributed by atoms with Crippen LogP contribution in [0, 0.1) is 0 Å². The Hall–Kier alpha value is -2.25. The largest absolute Gasteiger partial charge is 0.369 e. The Bertz CT molecular complexity index is 812. The number of hydrogen-bond acceptors (Lipinski definition) is 5. The van der Waals surface area contributed by atoms with Crippen molar-refractivity contribution < 1.29 is 13.2 Å². The molecule has 2 aromatic rings. The van der Waals surface area contributed by atoms with Crippen molar-refractivity contribution in [1.29, 1.82) is 0 Å². The van der Waals surface area contributed by atoms with Crippen molar-refractivity contribution in [1.82, 2.24) is 9.29 Å². The van der Waals surface area contributed by atoms with Gasteiger partial charge in [0.05, 0.1) is 4.90 Å². The Morgan fingerprint density at radius 1 is 0.958 bits per heavy atom. The molecule has 0 atom stereocenters. The molecule has 2 heterocycles. The zero-order valence-corrected chi connectivity index (χ0v) is 14.2. The van der Waals surface area contributed by atoms with Crippen molar-refractivity contribution in [2.75, 3.05) is 31.1 Å². The molecule has 7 heteroatoms. The summed E-state index contributed by atoms with van der Waals surface area (Å²) < 4.78 is 26.9. The van der Waals surface area contributed by atoms with Gasteiger partial charge in [-0.05, 0) is 31.2 Å². The van der Waals surface area contributed by atoms with Crippen LogP contribution in [0.1, 0.15) is 17.3 Å². The fourth-order valence-electron chi connectivity index (χ4n) is 2.75. The summed E-state index contributed by atoms with van der Waals surface area (Å²) in [6.45, 7) is 3.59. The van der Waals surface area contributed by atoms with Gasteiger partial charge in [0.15, 0.2) is 5.78 Å². The average molecular weight is 345 g/mol. The van der Waals surface area contributed by atoms with E-state index in [1.807, 2.05) is 12.1 Å². The van der Waals surface area contributed by atoms with Crippen LogP contribution in [0.15, 0.2) is 53.7 Å². The Kier molecular flexibility index (Phi) is 4.64. The van der Waals surface area contributed by atoms with Crippen molar-refractivity contribution in [3.8, 4) is 0 Å². The Balaban J connectivity index is 1.72. The van der Waals surface area contributed by atoms with Gasteiger partial charge in [-0.15, -0.1) is 0 Å². The van der Waals surface area contributed by atoms with Crippen LogP contribution in [0.2, 0.25) is 0 Å². The summed E-state index contributed by atoms with van der Waals surface area (Å²) in [5, 5.41) is 0. The van der Waals surface area contributed by atoms with Gasteiger partial charge in [0.2, 0.25) is 10.0 Å². The molecule has 1 saturated heterocycles. The molecule has 0 amide bonds. The van der Waals surface area contributed by atoms with E-state index in [4.69, 9.17) is 0 Å². The maximum atomic E-state index is 12.7. The molecule has 1 fully saturated rings. The van der Waals surface area contributed by atoms with Crippen LogP contribution in [0.5, 0.6) is 0 Å². The average Bonchev–Trinajstić information content (AvgIpc) is 2.62. The van der Waals surface area contributed by atoms with E-state index in [1.54, 1.807) is 24.5 Å². The monoisotopic (exact) mass is 345 g/mol. The highest BCUT2D eigenvalue weighted by atomic mass is 32.2. The van der Waals surface area contributed by atoms with Gasteiger partial charge in [-0.2, -0.15) is 4.31 Å². The van der Waals surface area contributed by atoms with E-state index in [9.17, 15) is 13.2 Å². The molecular weight excluding hydrogens is 326 g/mol. The van der Waals surface area contributed by atoms with Crippen LogP contribution < -0.4 is 4.90 Å². The molecule has 3 rings (SSSR count). The standard InChI is InChI=1S/C17H19N3O3S/c1-14(21)15-2-4-17(5-3-15)24(22,23)20-12-10-19(11-13-20)16-6-8-18-9-7-16/h2-9H,10-13H2,1H3. The number of sulfonamides is 1. The van der Waals surface area contributed by atoms with E-state index in [1.165, 1.54) is 23.4 Å². The highest BCUT2D eigenvalue weighted by molar-refractivity contribution is 7.89. The van der Waals surface area contributed by atoms with E-state index >= 15 is 0 Å². The minimum Gasteiger partial charge on any atom is -0.369 e. The summed E-state index contributed by atoms with van der Waals surface area (Å²) in [6.07, 6.45) is 3.46. The van der Waals surface area contributed by atoms with Crippen molar-refractivity contribution in [3.63, 3.8) is 0 Å². The number of nitrogens with zero attached hydrogens (tertiary/aromatic N) is 3. The third-order valence-electron chi connectivity index (χ3n) is 4.17. The smallest absolute Gasteiger partial charge is 0.243 e. The van der Waals surface area contributed by atoms with Crippen LogP contribution in [-0.4, -0.2) is 49.7 Å². The van der Waals surface area contributed by atoms with Gasteiger partial charge in [-0.25, -0.2) is 8.42 Å². The summed E-state index contributed by atoms with van der Waals surface area (Å²) in [7, 11) is -3.53. The third-order valence-corrected chi connectivity index (χ3v) is 6.08. The number of Topliss-reactive ketones (excluding diaryl/α,β-unsaturated/α-hetero) is 1. The molecule has 1 aromatic carbocycles. The number of piperazine rings is 1. The van der Waals surface area contributed by atoms with Crippen LogP contribution in [0.4, 0.5) is 5.69 Å². The maximum absolute atomic E-state index is 12.7. The van der Waals surface area contributed by atoms with Gasteiger partial charge in [0.1, 0.15) is 0 Å². The second-order valence-electron chi connectivity index (χ2n) is 5.68. The molecule has 0 bridgehead atoms. The number of carbonyl (C=O) groups is 1. The van der Waals surface area contributed by atoms with E-state index in [0.717, 1.165) is 5.69 Å². The lowest BCUT2D eigenvalue weighted by molar-refractivity contribution is 0.101. The van der Waals surface area contributed by atoms with E-state index in [-0.39, 0.29) is 10.7 Å². The number of aromatic nitrogens is 1. The Morgan fingerprint density at radius 2 is 1.54 bits per heavy atom. The van der Waals surface area contributed by atoms with Crippen molar-refractivity contribution in [3.05, 3.63) is 54.4 Å². The van der Waals surface area contributed by atoms with Gasteiger partial charge in [0, 0.05) is 49.8 Å². The molecule has 0 aliphatic carbocycles. The first-order valence-electron chi connectivity index (χ1n) is 7.74. The van der Waals surface area contributed by atoms with Crippen molar-refractivity contribution in [2.45, 2.75) is 11.8 Å². The molecule has 0 N–H and O–H groups in total. The molecule has 0 unspecified atom stereocenters. The zero-order chi connectivity index (χ0) is 17.2. The zero-order valence-electron chi connectivity index (χ0n) is 13.4. The number of benzene rings is 1. The van der Waals surface area contributed by atoms with Gasteiger partial charge < -0.3 is 4.90 Å². The van der Waals surface area contributed by atoms with Gasteiger partial charge in [-0.1, -0.05) is 12.1 Å². The van der Waals surface area contributed by atoms with Gasteiger partial charge in [-0.3, -0.25) is 9.78 Å². The summed E-state index contributed by atoms with van der Waals surface area (Å²) in [5.74, 6) is -0.0788. The van der Waals surface area contributed by atoms with E-state index in [0.29, 0.717) is 31.7 Å². The molecule has 24 heavy (non-hydrogen) atoms. The number of carbonyl (C=O) groups excluding carboxylic acids is 1. The summed E-state index contributed by atoms with van der Waals surface area (Å²) in [6, 6.07) is 9.96. The Morgan fingerprint density at radius 3 is 2.08 bits per heavy atom. The molecule has 0 radical (unpaired) electrons. The number of rotatable bonds is 4. The fourth-order valence-corrected chi connectivity index (χ4v) is 4.17. The fraction of sp³-hybridized carbons (Fsp3) is 0.294. The first kappa shape index (κ1) is 16.6. The highest BCUT2D eigenvalue weighted by Crippen LogP contribution is 2.21. The first-order valence-corrected chi connectivity index (χ1v) is 9.18. The molecule has 0 spiro atoms. The SMILES string of the molecule is CC(=O)c1ccc(S(=O)(=O)N2CCN(c3ccncc3)CC2)cc1. The molecule has 1 aromatic heterocycles. The second-order valence-corrected chi connectivity index (χ2v) is 7.62. The highest BCUT2D eigenvalue weighted by Gasteiger charge is 2.28. The minimum absolute atomic E-state index is 0.0788. The third kappa shape index (κ3) is 3.32. The van der Waals surface area contributed by atoms with Crippen LogP contribution in [0.25, 0.3) is 0 Å². The second kappa shape index (κ2) is 6.70. The number of ketones is 1. The summed E-state index contributed by atoms with van der Waals surface area (Å²) >= 11 is 0. The topological polar surface area (TPSA) is 70.6 Å². The lowest BCUT2D eigenvalue weighted by atomic mass is 10.2. The maximum Gasteiger partial charge on any atom is 0.243 e. The lowest BCUT2D eigenvalue weighted by Gasteiger charge is -2.35. The van der Waals surface area contributed by atoms with Crippen molar-refractivity contribution in [2.24, 2.45) is 0 Å². The van der Waals surface area contributed by atoms with Crippen LogP contribution >= 0.6 is 0 Å². The van der Waals surface area contributed by atoms with E-state index < -0.39 is 10.0 Å². The minimum atomic E-state index is -3.53. The van der Waals surface area contributed by atoms with Crippen molar-refractivity contribution >= 4 is 21.5 Å². The van der Waals surface area contributed by atoms with Gasteiger partial charge in [0.25, 0.3) is 0 Å². The molecule has 0 saturated carbocycles. The quantitative estimate of drug-likeness (QED) is 0.790. The predicted molar refractivity (Wildman–Crippen MR) is 91.7 cm³/mol. The predicted octanol–water partition coefficient (Wildman–Crippen LogP) is 1.80. The van der Waals surface area contributed by atoms with E-state index in [2.05, 4.69) is 9.88 Å². The molecule has 1 aliphatic rings. The first-order chi connectivity index (χ1) is 11.5. The van der Waals surface area contributed by atoms with Gasteiger partial charge >= 0.3 is 0 Å². The lowest BCUT2D eigenvalue weighted by Crippen LogP contribution is -2.48. The molecular formula is C17H19N3O3S. The Labute approximate surface area is 141 Å². The summed E-state index contributed by atoms with van der Waals surface area (Å²) in [4.78, 5) is 17.7. The van der Waals surface area contributed by atoms with Crippen LogP contribution in [-0.2, 0) is 10.0 Å². The number of pyridine rings is 1. The summed E-state index contributed by atoms with van der Waals surface area (Å²) in [5.41, 5.74) is 1.56. The van der Waals surface area contributed by atoms with Crippen LogP contribution in [0.3, 0.4) is 0 Å².